The fourth-order valence-corrected chi connectivity index (χ4v) is 2.79. The van der Waals surface area contributed by atoms with Crippen LogP contribution in [0.5, 0.6) is 0 Å². The van der Waals surface area contributed by atoms with Crippen LogP contribution in [0.2, 0.25) is 5.02 Å². The Balaban J connectivity index is 1.80. The molecule has 21 heavy (non-hydrogen) atoms. The number of rotatable bonds is 5. The van der Waals surface area contributed by atoms with Gasteiger partial charge in [-0.1, -0.05) is 41.9 Å². The van der Waals surface area contributed by atoms with Crippen LogP contribution in [0.15, 0.2) is 54.9 Å². The van der Waals surface area contributed by atoms with E-state index < -0.39 is 0 Å². The molecule has 0 amide bonds. The monoisotopic (exact) mass is 299 g/mol. The predicted octanol–water partition coefficient (Wildman–Crippen LogP) is 3.52. The molecule has 1 atom stereocenters. The van der Waals surface area contributed by atoms with Gasteiger partial charge < -0.3 is 9.88 Å². The van der Waals surface area contributed by atoms with Gasteiger partial charge in [-0.15, -0.1) is 0 Å². The lowest BCUT2D eigenvalue weighted by atomic mass is 10.1. The summed E-state index contributed by atoms with van der Waals surface area (Å²) in [6.07, 6.45) is 2.80. The number of nitrogens with zero attached hydrogens (tertiary/aromatic N) is 2. The van der Waals surface area contributed by atoms with Crippen molar-refractivity contribution in [2.75, 3.05) is 7.05 Å². The van der Waals surface area contributed by atoms with Gasteiger partial charge in [0.25, 0.3) is 0 Å². The Kier molecular flexibility index (Phi) is 4.23. The van der Waals surface area contributed by atoms with E-state index in [0.717, 1.165) is 29.0 Å². The van der Waals surface area contributed by atoms with E-state index in [1.165, 1.54) is 5.56 Å². The van der Waals surface area contributed by atoms with Crippen LogP contribution in [-0.2, 0) is 13.0 Å². The summed E-state index contributed by atoms with van der Waals surface area (Å²) >= 11 is 6.26. The first-order valence-electron chi connectivity index (χ1n) is 7.08. The van der Waals surface area contributed by atoms with Crippen LogP contribution < -0.4 is 5.32 Å². The highest BCUT2D eigenvalue weighted by atomic mass is 35.5. The molecule has 0 aliphatic rings. The molecule has 3 nitrogen and oxygen atoms in total. The summed E-state index contributed by atoms with van der Waals surface area (Å²) in [4.78, 5) is 4.44. The van der Waals surface area contributed by atoms with Crippen molar-refractivity contribution in [2.45, 2.75) is 19.0 Å². The topological polar surface area (TPSA) is 29.9 Å². The lowest BCUT2D eigenvalue weighted by Crippen LogP contribution is -2.32. The second-order valence-electron chi connectivity index (χ2n) is 5.17. The predicted molar refractivity (Wildman–Crippen MR) is 87.7 cm³/mol. The number of para-hydroxylation sites is 2. The minimum absolute atomic E-state index is 0.308. The van der Waals surface area contributed by atoms with Crippen molar-refractivity contribution in [3.63, 3.8) is 0 Å². The standard InChI is InChI=1S/C17H18ClN3/c1-19-14(10-13-6-2-3-7-15(13)18)11-21-12-20-16-8-4-5-9-17(16)21/h2-9,12,14,19H,10-11H2,1H3. The number of imidazole rings is 1. The van der Waals surface area contributed by atoms with Crippen LogP contribution in [0.1, 0.15) is 5.56 Å². The molecule has 0 radical (unpaired) electrons. The molecule has 1 heterocycles. The Labute approximate surface area is 129 Å². The molecule has 0 saturated carbocycles. The third kappa shape index (κ3) is 3.09. The van der Waals surface area contributed by atoms with E-state index in [4.69, 9.17) is 11.6 Å². The molecule has 3 rings (SSSR count). The summed E-state index contributed by atoms with van der Waals surface area (Å²) in [7, 11) is 1.99. The maximum atomic E-state index is 6.26. The van der Waals surface area contributed by atoms with E-state index in [0.29, 0.717) is 6.04 Å². The first kappa shape index (κ1) is 14.1. The molecular formula is C17H18ClN3. The van der Waals surface area contributed by atoms with Crippen molar-refractivity contribution in [2.24, 2.45) is 0 Å². The number of likely N-dealkylation sites (N-methyl/N-ethyl adjacent to an activating group) is 1. The zero-order valence-corrected chi connectivity index (χ0v) is 12.7. The number of hydrogen-bond donors (Lipinski definition) is 1. The molecule has 0 fully saturated rings. The maximum Gasteiger partial charge on any atom is 0.0958 e. The largest absolute Gasteiger partial charge is 0.329 e. The third-order valence-corrected chi connectivity index (χ3v) is 4.15. The molecular weight excluding hydrogens is 282 g/mol. The number of nitrogens with one attached hydrogen (secondary N) is 1. The van der Waals surface area contributed by atoms with Gasteiger partial charge >= 0.3 is 0 Å². The van der Waals surface area contributed by atoms with Crippen LogP contribution in [0.4, 0.5) is 0 Å². The number of benzene rings is 2. The van der Waals surface area contributed by atoms with Crippen molar-refractivity contribution in [3.8, 4) is 0 Å². The normalized spacial score (nSPS) is 12.7. The van der Waals surface area contributed by atoms with Crippen molar-refractivity contribution in [1.82, 2.24) is 14.9 Å². The molecule has 3 aromatic rings. The van der Waals surface area contributed by atoms with Gasteiger partial charge in [-0.25, -0.2) is 4.98 Å². The summed E-state index contributed by atoms with van der Waals surface area (Å²) in [6, 6.07) is 16.5. The Bertz CT molecular complexity index is 735. The molecule has 108 valence electrons. The minimum atomic E-state index is 0.308. The second kappa shape index (κ2) is 6.29. The van der Waals surface area contributed by atoms with Gasteiger partial charge in [0.1, 0.15) is 0 Å². The van der Waals surface area contributed by atoms with Crippen molar-refractivity contribution in [3.05, 3.63) is 65.4 Å². The lowest BCUT2D eigenvalue weighted by molar-refractivity contribution is 0.485. The fourth-order valence-electron chi connectivity index (χ4n) is 2.58. The average molecular weight is 300 g/mol. The van der Waals surface area contributed by atoms with Gasteiger partial charge in [0.05, 0.1) is 17.4 Å². The van der Waals surface area contributed by atoms with Crippen LogP contribution >= 0.6 is 11.6 Å². The summed E-state index contributed by atoms with van der Waals surface area (Å²) in [6.45, 7) is 0.863. The molecule has 1 aromatic heterocycles. The second-order valence-corrected chi connectivity index (χ2v) is 5.57. The number of halogens is 1. The Morgan fingerprint density at radius 2 is 1.90 bits per heavy atom. The van der Waals surface area contributed by atoms with E-state index >= 15 is 0 Å². The number of hydrogen-bond acceptors (Lipinski definition) is 2. The van der Waals surface area contributed by atoms with Gasteiger partial charge in [0.15, 0.2) is 0 Å². The van der Waals surface area contributed by atoms with E-state index in [1.54, 1.807) is 0 Å². The van der Waals surface area contributed by atoms with E-state index in [2.05, 4.69) is 27.0 Å². The first-order chi connectivity index (χ1) is 10.3. The third-order valence-electron chi connectivity index (χ3n) is 3.78. The quantitative estimate of drug-likeness (QED) is 0.781. The summed E-state index contributed by atoms with van der Waals surface area (Å²) in [5.41, 5.74) is 3.37. The van der Waals surface area contributed by atoms with Crippen LogP contribution in [0, 0.1) is 0 Å². The fraction of sp³-hybridized carbons (Fsp3) is 0.235. The molecule has 2 aromatic carbocycles. The Morgan fingerprint density at radius 1 is 1.14 bits per heavy atom. The van der Waals surface area contributed by atoms with Crippen LogP contribution in [0.3, 0.4) is 0 Å². The zero-order chi connectivity index (χ0) is 14.7. The summed E-state index contributed by atoms with van der Waals surface area (Å²) < 4.78 is 2.19. The highest BCUT2D eigenvalue weighted by molar-refractivity contribution is 6.31. The van der Waals surface area contributed by atoms with E-state index in [9.17, 15) is 0 Å². The summed E-state index contributed by atoms with van der Waals surface area (Å²) in [5, 5.41) is 4.20. The lowest BCUT2D eigenvalue weighted by Gasteiger charge is -2.18. The van der Waals surface area contributed by atoms with Gasteiger partial charge in [0, 0.05) is 17.6 Å². The zero-order valence-electron chi connectivity index (χ0n) is 12.0. The SMILES string of the molecule is CNC(Cc1ccccc1Cl)Cn1cnc2ccccc21. The Hall–Kier alpha value is -1.84. The van der Waals surface area contributed by atoms with E-state index in [1.807, 2.05) is 49.8 Å². The van der Waals surface area contributed by atoms with Crippen LogP contribution in [-0.4, -0.2) is 22.6 Å². The molecule has 1 unspecified atom stereocenters. The van der Waals surface area contributed by atoms with Gasteiger partial charge in [-0.3, -0.25) is 0 Å². The molecule has 4 heteroatoms. The molecule has 0 aliphatic carbocycles. The molecule has 1 N–H and O–H groups in total. The minimum Gasteiger partial charge on any atom is -0.329 e. The van der Waals surface area contributed by atoms with Crippen LogP contribution in [0.25, 0.3) is 11.0 Å². The highest BCUT2D eigenvalue weighted by Gasteiger charge is 2.12. The van der Waals surface area contributed by atoms with Crippen molar-refractivity contribution >= 4 is 22.6 Å². The number of aromatic nitrogens is 2. The highest BCUT2D eigenvalue weighted by Crippen LogP contribution is 2.18. The van der Waals surface area contributed by atoms with Crippen molar-refractivity contribution in [1.29, 1.82) is 0 Å². The summed E-state index contributed by atoms with van der Waals surface area (Å²) in [5.74, 6) is 0. The molecule has 0 spiro atoms. The average Bonchev–Trinajstić information content (AvgIpc) is 2.92. The van der Waals surface area contributed by atoms with Gasteiger partial charge in [-0.05, 0) is 37.2 Å². The molecule has 0 aliphatic heterocycles. The Morgan fingerprint density at radius 3 is 2.71 bits per heavy atom. The maximum absolute atomic E-state index is 6.26. The van der Waals surface area contributed by atoms with Gasteiger partial charge in [0.2, 0.25) is 0 Å². The number of fused-ring (bicyclic) bond motifs is 1. The van der Waals surface area contributed by atoms with Gasteiger partial charge in [-0.2, -0.15) is 0 Å². The molecule has 0 saturated heterocycles. The van der Waals surface area contributed by atoms with Crippen molar-refractivity contribution < 1.29 is 0 Å². The smallest absolute Gasteiger partial charge is 0.0958 e. The molecule has 0 bridgehead atoms. The van der Waals surface area contributed by atoms with E-state index in [-0.39, 0.29) is 0 Å². The first-order valence-corrected chi connectivity index (χ1v) is 7.46.